The fourth-order valence-electron chi connectivity index (χ4n) is 15.9. The predicted molar refractivity (Wildman–Crippen MR) is 252 cm³/mol. The lowest BCUT2D eigenvalue weighted by Gasteiger charge is -2.71. The van der Waals surface area contributed by atoms with Crippen LogP contribution in [0, 0.1) is 50.2 Å². The molecule has 27 atom stereocenters. The van der Waals surface area contributed by atoms with Gasteiger partial charge in [-0.3, -0.25) is 4.79 Å². The van der Waals surface area contributed by atoms with Gasteiger partial charge in [-0.05, 0) is 104 Å². The van der Waals surface area contributed by atoms with Gasteiger partial charge in [0.15, 0.2) is 18.9 Å². The van der Waals surface area contributed by atoms with E-state index < -0.39 is 153 Å². The first-order chi connectivity index (χ1) is 34.7. The molecule has 4 heterocycles. The van der Waals surface area contributed by atoms with Gasteiger partial charge in [-0.1, -0.05) is 53.2 Å². The van der Waals surface area contributed by atoms with Gasteiger partial charge in [-0.25, -0.2) is 0 Å². The van der Waals surface area contributed by atoms with Gasteiger partial charge < -0.3 is 104 Å². The quantitative estimate of drug-likeness (QED) is 0.0618. The summed E-state index contributed by atoms with van der Waals surface area (Å²) in [5.41, 5.74) is -1.46. The van der Waals surface area contributed by atoms with Crippen LogP contribution in [0.5, 0.6) is 0 Å². The van der Waals surface area contributed by atoms with Crippen molar-refractivity contribution < 1.29 is 109 Å². The summed E-state index contributed by atoms with van der Waals surface area (Å²) in [5, 5.41) is 139. The fourth-order valence-corrected chi connectivity index (χ4v) is 15.9. The van der Waals surface area contributed by atoms with Crippen LogP contribution in [0.3, 0.4) is 0 Å². The van der Waals surface area contributed by atoms with Crippen LogP contribution in [0.15, 0.2) is 11.6 Å². The highest BCUT2D eigenvalue weighted by Gasteiger charge is 2.70. The topological polar surface area (TPSA) is 354 Å². The van der Waals surface area contributed by atoms with Gasteiger partial charge in [-0.15, -0.1) is 0 Å². The van der Waals surface area contributed by atoms with Crippen molar-refractivity contribution in [3.05, 3.63) is 11.6 Å². The number of hydrogen-bond acceptors (Lipinski definition) is 22. The lowest BCUT2D eigenvalue weighted by Crippen LogP contribution is -2.67. The van der Waals surface area contributed by atoms with E-state index in [0.29, 0.717) is 32.1 Å². The maximum atomic E-state index is 15.1. The summed E-state index contributed by atoms with van der Waals surface area (Å²) in [6.45, 7) is 11.4. The molecule has 8 fully saturated rings. The van der Waals surface area contributed by atoms with Gasteiger partial charge in [-0.2, -0.15) is 0 Å². The Morgan fingerprint density at radius 1 is 0.622 bits per heavy atom. The normalized spacial score (nSPS) is 54.4. The van der Waals surface area contributed by atoms with Crippen molar-refractivity contribution in [1.82, 2.24) is 0 Å². The third kappa shape index (κ3) is 9.26. The Hall–Kier alpha value is -1.59. The van der Waals surface area contributed by atoms with E-state index in [0.717, 1.165) is 32.1 Å². The molecule has 4 saturated carbocycles. The number of rotatable bonds is 11. The zero-order chi connectivity index (χ0) is 53.8. The summed E-state index contributed by atoms with van der Waals surface area (Å²) in [5.74, 6) is -0.611. The van der Waals surface area contributed by atoms with E-state index in [1.807, 2.05) is 6.92 Å². The van der Waals surface area contributed by atoms with Crippen LogP contribution in [0.1, 0.15) is 106 Å². The molecule has 0 amide bonds. The molecule has 9 aliphatic rings. The second kappa shape index (κ2) is 20.8. The molecular weight excluding hydrogens is 977 g/mol. The summed E-state index contributed by atoms with van der Waals surface area (Å²) in [4.78, 5) is 15.1. The van der Waals surface area contributed by atoms with Gasteiger partial charge >= 0.3 is 5.97 Å². The summed E-state index contributed by atoms with van der Waals surface area (Å²) >= 11 is 0. The molecule has 0 radical (unpaired) electrons. The van der Waals surface area contributed by atoms with Crippen molar-refractivity contribution in [3.8, 4) is 0 Å². The molecule has 0 aromatic carbocycles. The zero-order valence-corrected chi connectivity index (χ0v) is 43.4. The lowest BCUT2D eigenvalue weighted by molar-refractivity contribution is -0.355. The number of hydrogen-bond donors (Lipinski definition) is 13. The number of aliphatic hydroxyl groups is 13. The van der Waals surface area contributed by atoms with Crippen molar-refractivity contribution in [2.45, 2.75) is 222 Å². The van der Waals surface area contributed by atoms with Crippen molar-refractivity contribution in [1.29, 1.82) is 0 Å². The Balaban J connectivity index is 0.900. The van der Waals surface area contributed by atoms with Crippen molar-refractivity contribution >= 4 is 5.97 Å². The van der Waals surface area contributed by atoms with Crippen LogP contribution in [-0.2, 0) is 42.7 Å². The van der Waals surface area contributed by atoms with Crippen LogP contribution in [0.2, 0.25) is 0 Å². The average Bonchev–Trinajstić information content (AvgIpc) is 3.39. The minimum Gasteiger partial charge on any atom is -0.432 e. The summed E-state index contributed by atoms with van der Waals surface area (Å²) in [6.07, 6.45) is -20.0. The number of esters is 1. The molecule has 22 nitrogen and oxygen atoms in total. The van der Waals surface area contributed by atoms with Gasteiger partial charge in [0.1, 0.15) is 85.5 Å². The minimum absolute atomic E-state index is 0.0327. The molecule has 424 valence electrons. The molecule has 0 spiro atoms. The minimum atomic E-state index is -1.87. The van der Waals surface area contributed by atoms with Crippen molar-refractivity contribution in [2.24, 2.45) is 50.2 Å². The van der Waals surface area contributed by atoms with E-state index >= 15 is 4.79 Å². The van der Waals surface area contributed by atoms with E-state index in [9.17, 15) is 66.4 Å². The van der Waals surface area contributed by atoms with Crippen molar-refractivity contribution in [3.63, 3.8) is 0 Å². The molecule has 9 rings (SSSR count). The fraction of sp³-hybridized carbons (Fsp3) is 0.942. The highest BCUT2D eigenvalue weighted by Crippen LogP contribution is 2.76. The molecule has 4 saturated heterocycles. The maximum Gasteiger partial charge on any atom is 0.315 e. The number of allylic oxidation sites excluding steroid dienone is 2. The monoisotopic (exact) mass is 1060 g/mol. The van der Waals surface area contributed by atoms with E-state index in [2.05, 4.69) is 40.7 Å². The molecule has 74 heavy (non-hydrogen) atoms. The second-order valence-electron chi connectivity index (χ2n) is 25.3. The molecular formula is C52H84O22. The third-order valence-electron chi connectivity index (χ3n) is 20.8. The number of carbonyl (C=O) groups excluding carboxylic acids is 1. The molecule has 13 N–H and O–H groups in total. The third-order valence-corrected chi connectivity index (χ3v) is 20.8. The molecule has 22 heteroatoms. The smallest absolute Gasteiger partial charge is 0.315 e. The first-order valence-corrected chi connectivity index (χ1v) is 26.8. The number of fused-ring (bicyclic) bond motifs is 7. The Morgan fingerprint density at radius 2 is 1.22 bits per heavy atom. The van der Waals surface area contributed by atoms with Crippen LogP contribution in [-0.4, -0.2) is 222 Å². The van der Waals surface area contributed by atoms with Crippen LogP contribution in [0.25, 0.3) is 0 Å². The molecule has 4 aliphatic heterocycles. The van der Waals surface area contributed by atoms with Crippen molar-refractivity contribution in [2.75, 3.05) is 33.0 Å². The molecule has 27 unspecified atom stereocenters. The first-order valence-electron chi connectivity index (χ1n) is 26.8. The van der Waals surface area contributed by atoms with Crippen LogP contribution < -0.4 is 0 Å². The zero-order valence-electron chi connectivity index (χ0n) is 43.4. The molecule has 0 bridgehead atoms. The van der Waals surface area contributed by atoms with Gasteiger partial charge in [0.05, 0.1) is 44.6 Å². The van der Waals surface area contributed by atoms with E-state index in [4.69, 9.17) is 37.9 Å². The Morgan fingerprint density at radius 3 is 1.85 bits per heavy atom. The summed E-state index contributed by atoms with van der Waals surface area (Å²) in [7, 11) is 0. The van der Waals surface area contributed by atoms with E-state index in [1.165, 1.54) is 5.57 Å². The average molecular weight is 1060 g/mol. The van der Waals surface area contributed by atoms with Crippen LogP contribution in [0.4, 0.5) is 0 Å². The Labute approximate surface area is 431 Å². The Kier molecular flexibility index (Phi) is 16.1. The van der Waals surface area contributed by atoms with E-state index in [1.54, 1.807) is 0 Å². The van der Waals surface area contributed by atoms with Gasteiger partial charge in [0.2, 0.25) is 6.29 Å². The molecule has 0 aromatic rings. The summed E-state index contributed by atoms with van der Waals surface area (Å²) in [6, 6.07) is 0. The maximum absolute atomic E-state index is 15.1. The highest BCUT2D eigenvalue weighted by molar-refractivity contribution is 5.79. The van der Waals surface area contributed by atoms with Gasteiger partial charge in [0.25, 0.3) is 0 Å². The number of ether oxygens (including phenoxy) is 8. The van der Waals surface area contributed by atoms with Crippen LogP contribution >= 0.6 is 0 Å². The first kappa shape index (κ1) is 57.1. The summed E-state index contributed by atoms with van der Waals surface area (Å²) < 4.78 is 46.6. The molecule has 0 aromatic heterocycles. The number of carbonyl (C=O) groups is 1. The highest BCUT2D eigenvalue weighted by atomic mass is 16.8. The largest absolute Gasteiger partial charge is 0.432 e. The SMILES string of the molecule is CC1(C)CCC2(C(=O)OC3OC(COC4OC(CO)C(OC5OCC(O)C(O)C5O)C(O)C4O)C(O)C(O)C3O)CCC3(C)C(=CCC4C5(C)CCC(OC6OCC(O)C(O)C6O)C(C)(CO)C5CCC43C)C2C1. The molecule has 5 aliphatic carbocycles. The Bertz CT molecular complexity index is 2030. The second-order valence-corrected chi connectivity index (χ2v) is 25.3. The lowest BCUT2D eigenvalue weighted by atomic mass is 9.33. The van der Waals surface area contributed by atoms with Gasteiger partial charge in [0, 0.05) is 5.41 Å². The number of aliphatic hydroxyl groups excluding tert-OH is 13. The van der Waals surface area contributed by atoms with E-state index in [-0.39, 0.29) is 52.6 Å². The predicted octanol–water partition coefficient (Wildman–Crippen LogP) is -1.78. The standard InChI is InChI=1S/C52H84O22/c1-47(2)13-15-52(46(66)74-45-39(64)35(60)34(59)28(71-45)21-69-42-40(65)36(61)41(27(18-53)70-42)73-44-38(63)33(58)26(56)20-68-44)16-14-50(5)23(24(52)17-47)7-8-30-48(3)11-10-31(72-43-37(62)32(57)25(55)19-67-43)49(4,22-54)29(48)9-12-51(30,50)6/h7,24-45,53-65H,8-22H2,1-6H3.